The van der Waals surface area contributed by atoms with E-state index in [4.69, 9.17) is 16.3 Å². The summed E-state index contributed by atoms with van der Waals surface area (Å²) in [7, 11) is -1.11. The Kier molecular flexibility index (Phi) is 6.09. The average Bonchev–Trinajstić information content (AvgIpc) is 2.87. The normalized spacial score (nSPS) is 11.7. The van der Waals surface area contributed by atoms with Crippen LogP contribution < -0.4 is 0 Å². The van der Waals surface area contributed by atoms with Gasteiger partial charge in [-0.05, 0) is 17.7 Å². The van der Waals surface area contributed by atoms with Crippen molar-refractivity contribution in [3.8, 4) is 0 Å². The maximum absolute atomic E-state index is 11.2. The minimum Gasteiger partial charge on any atom is -0.361 e. The van der Waals surface area contributed by atoms with E-state index < -0.39 is 8.07 Å². The lowest BCUT2D eigenvalue weighted by Gasteiger charge is -2.15. The molecular formula is C16H22ClN3O2Si. The van der Waals surface area contributed by atoms with Crippen LogP contribution >= 0.6 is 11.6 Å². The molecule has 0 saturated carbocycles. The highest BCUT2D eigenvalue weighted by Crippen LogP contribution is 2.17. The Morgan fingerprint density at radius 1 is 1.39 bits per heavy atom. The summed E-state index contributed by atoms with van der Waals surface area (Å²) in [6.45, 7) is 7.97. The third kappa shape index (κ3) is 5.57. The predicted molar refractivity (Wildman–Crippen MR) is 93.8 cm³/mol. The fraction of sp³-hybridized carbons (Fsp3) is 0.438. The minimum absolute atomic E-state index is 0.343. The first-order valence-electron chi connectivity index (χ1n) is 7.56. The predicted octanol–water partition coefficient (Wildman–Crippen LogP) is 3.65. The number of aromatic nitrogens is 3. The van der Waals surface area contributed by atoms with Crippen LogP contribution in [0, 0.1) is 0 Å². The van der Waals surface area contributed by atoms with Gasteiger partial charge in [-0.3, -0.25) is 9.78 Å². The van der Waals surface area contributed by atoms with E-state index >= 15 is 0 Å². The number of hydrogen-bond donors (Lipinski definition) is 0. The number of aldehydes is 1. The topological polar surface area (TPSA) is 57.0 Å². The lowest BCUT2D eigenvalue weighted by atomic mass is 10.1. The van der Waals surface area contributed by atoms with Gasteiger partial charge in [-0.15, -0.1) is 0 Å². The van der Waals surface area contributed by atoms with Crippen molar-refractivity contribution in [2.75, 3.05) is 6.61 Å². The molecule has 7 heteroatoms. The summed E-state index contributed by atoms with van der Waals surface area (Å²) < 4.78 is 7.43. The summed E-state index contributed by atoms with van der Waals surface area (Å²) in [5, 5.41) is 0.598. The molecule has 5 nitrogen and oxygen atoms in total. The minimum atomic E-state index is -1.11. The number of carbonyl (C=O) groups excluding carboxylic acids is 1. The monoisotopic (exact) mass is 351 g/mol. The van der Waals surface area contributed by atoms with Gasteiger partial charge >= 0.3 is 0 Å². The molecule has 0 unspecified atom stereocenters. The Hall–Kier alpha value is -1.50. The van der Waals surface area contributed by atoms with Crippen LogP contribution in [0.2, 0.25) is 30.7 Å². The van der Waals surface area contributed by atoms with Gasteiger partial charge in [0, 0.05) is 39.7 Å². The molecule has 0 radical (unpaired) electrons. The van der Waals surface area contributed by atoms with Crippen molar-refractivity contribution in [3.63, 3.8) is 0 Å². The lowest BCUT2D eigenvalue weighted by Crippen LogP contribution is -2.22. The first kappa shape index (κ1) is 17.8. The molecule has 0 N–H and O–H groups in total. The van der Waals surface area contributed by atoms with E-state index in [2.05, 4.69) is 29.6 Å². The number of halogens is 1. The molecule has 0 saturated heterocycles. The van der Waals surface area contributed by atoms with E-state index in [1.165, 1.54) is 0 Å². The van der Waals surface area contributed by atoms with Gasteiger partial charge in [-0.25, -0.2) is 4.98 Å². The van der Waals surface area contributed by atoms with Crippen molar-refractivity contribution < 1.29 is 9.53 Å². The molecule has 0 fully saturated rings. The fourth-order valence-electron chi connectivity index (χ4n) is 2.05. The van der Waals surface area contributed by atoms with E-state index in [9.17, 15) is 4.79 Å². The highest BCUT2D eigenvalue weighted by atomic mass is 35.5. The second kappa shape index (κ2) is 7.85. The van der Waals surface area contributed by atoms with Crippen molar-refractivity contribution >= 4 is 26.0 Å². The molecule has 0 aliphatic heterocycles. The number of ether oxygens (including phenoxy) is 1. The zero-order valence-electron chi connectivity index (χ0n) is 13.8. The number of imidazole rings is 1. The molecule has 0 spiro atoms. The van der Waals surface area contributed by atoms with Gasteiger partial charge in [0.15, 0.2) is 12.1 Å². The standard InChI is InChI=1S/C16H22ClN3O2Si/c1-23(2,3)7-6-22-12-20-10-14(19-16(20)11-21)8-13-4-5-18-9-15(13)17/h4-5,9-11H,6-8,12H2,1-3H3. The Morgan fingerprint density at radius 2 is 2.17 bits per heavy atom. The van der Waals surface area contributed by atoms with Crippen LogP contribution in [0.1, 0.15) is 21.9 Å². The first-order valence-corrected chi connectivity index (χ1v) is 11.6. The number of nitrogens with zero attached hydrogens (tertiary/aromatic N) is 3. The summed E-state index contributed by atoms with van der Waals surface area (Å²) in [4.78, 5) is 19.5. The van der Waals surface area contributed by atoms with Crippen LogP contribution in [0.25, 0.3) is 0 Å². The van der Waals surface area contributed by atoms with E-state index in [0.717, 1.165) is 23.6 Å². The Morgan fingerprint density at radius 3 is 2.83 bits per heavy atom. The highest BCUT2D eigenvalue weighted by Gasteiger charge is 2.13. The van der Waals surface area contributed by atoms with Crippen molar-refractivity contribution in [1.82, 2.24) is 14.5 Å². The summed E-state index contributed by atoms with van der Waals surface area (Å²) in [6.07, 6.45) is 6.45. The molecule has 2 rings (SSSR count). The van der Waals surface area contributed by atoms with Crippen LogP contribution in [0.15, 0.2) is 24.7 Å². The number of pyridine rings is 1. The molecule has 0 amide bonds. The maximum Gasteiger partial charge on any atom is 0.185 e. The second-order valence-corrected chi connectivity index (χ2v) is 12.7. The first-order chi connectivity index (χ1) is 10.9. The second-order valence-electron chi connectivity index (χ2n) is 6.67. The lowest BCUT2D eigenvalue weighted by molar-refractivity contribution is 0.0831. The molecule has 0 aromatic carbocycles. The molecule has 0 aliphatic rings. The summed E-state index contributed by atoms with van der Waals surface area (Å²) in [5.74, 6) is 0.373. The van der Waals surface area contributed by atoms with Crippen LogP contribution in [0.3, 0.4) is 0 Å². The molecule has 124 valence electrons. The molecular weight excluding hydrogens is 330 g/mol. The molecule has 2 aromatic heterocycles. The van der Waals surface area contributed by atoms with Gasteiger partial charge in [0.2, 0.25) is 0 Å². The number of carbonyl (C=O) groups is 1. The van der Waals surface area contributed by atoms with Crippen molar-refractivity contribution in [2.24, 2.45) is 0 Å². The van der Waals surface area contributed by atoms with Crippen LogP contribution in [-0.4, -0.2) is 35.5 Å². The zero-order chi connectivity index (χ0) is 16.9. The largest absolute Gasteiger partial charge is 0.361 e. The van der Waals surface area contributed by atoms with Crippen LogP contribution in [0.5, 0.6) is 0 Å². The van der Waals surface area contributed by atoms with E-state index in [1.54, 1.807) is 17.0 Å². The zero-order valence-corrected chi connectivity index (χ0v) is 15.5. The summed E-state index contributed by atoms with van der Waals surface area (Å²) in [6, 6.07) is 2.95. The summed E-state index contributed by atoms with van der Waals surface area (Å²) >= 11 is 6.11. The SMILES string of the molecule is C[Si](C)(C)CCOCn1cc(Cc2ccncc2Cl)nc1C=O. The molecule has 2 aromatic rings. The third-order valence-electron chi connectivity index (χ3n) is 3.42. The van der Waals surface area contributed by atoms with Crippen LogP contribution in [-0.2, 0) is 17.9 Å². The molecule has 23 heavy (non-hydrogen) atoms. The van der Waals surface area contributed by atoms with Gasteiger partial charge in [-0.2, -0.15) is 0 Å². The van der Waals surface area contributed by atoms with E-state index in [-0.39, 0.29) is 0 Å². The smallest absolute Gasteiger partial charge is 0.185 e. The van der Waals surface area contributed by atoms with Gasteiger partial charge in [0.05, 0.1) is 10.7 Å². The Bertz CT molecular complexity index is 668. The highest BCUT2D eigenvalue weighted by molar-refractivity contribution is 6.76. The summed E-state index contributed by atoms with van der Waals surface area (Å²) in [5.41, 5.74) is 1.72. The molecule has 0 bridgehead atoms. The molecule has 2 heterocycles. The van der Waals surface area contributed by atoms with Gasteiger partial charge < -0.3 is 9.30 Å². The number of rotatable bonds is 8. The average molecular weight is 352 g/mol. The van der Waals surface area contributed by atoms with Gasteiger partial charge in [-0.1, -0.05) is 31.2 Å². The van der Waals surface area contributed by atoms with Crippen LogP contribution in [0.4, 0.5) is 0 Å². The van der Waals surface area contributed by atoms with E-state index in [1.807, 2.05) is 12.3 Å². The number of hydrogen-bond acceptors (Lipinski definition) is 4. The molecule has 0 aliphatic carbocycles. The van der Waals surface area contributed by atoms with Gasteiger partial charge in [0.1, 0.15) is 6.73 Å². The third-order valence-corrected chi connectivity index (χ3v) is 5.46. The Balaban J connectivity index is 2.00. The Labute approximate surface area is 142 Å². The van der Waals surface area contributed by atoms with Crippen molar-refractivity contribution in [2.45, 2.75) is 38.8 Å². The van der Waals surface area contributed by atoms with Crippen molar-refractivity contribution in [3.05, 3.63) is 46.8 Å². The quantitative estimate of drug-likeness (QED) is 0.414. The maximum atomic E-state index is 11.2. The van der Waals surface area contributed by atoms with E-state index in [0.29, 0.717) is 30.6 Å². The van der Waals surface area contributed by atoms with Crippen molar-refractivity contribution in [1.29, 1.82) is 0 Å². The van der Waals surface area contributed by atoms with Gasteiger partial charge in [0.25, 0.3) is 0 Å². The fourth-order valence-corrected chi connectivity index (χ4v) is 3.00. The molecule has 0 atom stereocenters.